The van der Waals surface area contributed by atoms with Gasteiger partial charge in [-0.3, -0.25) is 4.79 Å². The summed E-state index contributed by atoms with van der Waals surface area (Å²) >= 11 is 0. The van der Waals surface area contributed by atoms with Gasteiger partial charge in [-0.25, -0.2) is 9.18 Å². The maximum Gasteiger partial charge on any atom is 0.315 e. The topological polar surface area (TPSA) is 61.4 Å². The molecule has 136 valence electrons. The molecule has 0 spiro atoms. The molecule has 0 bridgehead atoms. The number of hydrogen-bond acceptors (Lipinski definition) is 2. The molecule has 26 heavy (non-hydrogen) atoms. The quantitative estimate of drug-likeness (QED) is 0.783. The lowest BCUT2D eigenvalue weighted by Crippen LogP contribution is -2.43. The molecule has 2 aromatic rings. The Hall–Kier alpha value is -2.89. The number of anilines is 1. The van der Waals surface area contributed by atoms with Gasteiger partial charge in [0.1, 0.15) is 5.82 Å². The monoisotopic (exact) mass is 355 g/mol. The fourth-order valence-corrected chi connectivity index (χ4v) is 3.05. The molecule has 1 aliphatic rings. The largest absolute Gasteiger partial charge is 0.338 e. The molecule has 2 aromatic carbocycles. The molecule has 3 rings (SSSR count). The van der Waals surface area contributed by atoms with E-state index in [1.54, 1.807) is 17.0 Å². The Morgan fingerprint density at radius 2 is 1.85 bits per heavy atom. The normalized spacial score (nSPS) is 16.6. The highest BCUT2D eigenvalue weighted by Crippen LogP contribution is 2.21. The van der Waals surface area contributed by atoms with Crippen molar-refractivity contribution in [1.82, 2.24) is 10.6 Å². The van der Waals surface area contributed by atoms with Gasteiger partial charge in [0.25, 0.3) is 0 Å². The van der Waals surface area contributed by atoms with Crippen molar-refractivity contribution in [3.05, 3.63) is 66.0 Å². The Kier molecular flexibility index (Phi) is 5.84. The number of carbonyl (C=O) groups excluding carboxylic acids is 2. The third-order valence-electron chi connectivity index (χ3n) is 4.37. The minimum absolute atomic E-state index is 0.0778. The van der Waals surface area contributed by atoms with E-state index in [1.807, 2.05) is 18.2 Å². The molecule has 1 saturated heterocycles. The SMILES string of the molecule is O=C(NCCCc1ccccc1)N[C@@H]1CC(=O)N(c2ccc(F)cc2)C1. The van der Waals surface area contributed by atoms with E-state index in [0.29, 0.717) is 18.8 Å². The first-order valence-electron chi connectivity index (χ1n) is 8.76. The van der Waals surface area contributed by atoms with Crippen LogP contribution >= 0.6 is 0 Å². The van der Waals surface area contributed by atoms with Crippen LogP contribution in [0.5, 0.6) is 0 Å². The molecule has 1 heterocycles. The van der Waals surface area contributed by atoms with Gasteiger partial charge >= 0.3 is 6.03 Å². The van der Waals surface area contributed by atoms with E-state index in [1.165, 1.54) is 17.7 Å². The average molecular weight is 355 g/mol. The number of benzene rings is 2. The van der Waals surface area contributed by atoms with Crippen molar-refractivity contribution < 1.29 is 14.0 Å². The lowest BCUT2D eigenvalue weighted by atomic mass is 10.1. The number of nitrogens with one attached hydrogen (secondary N) is 2. The molecule has 1 atom stereocenters. The molecule has 0 radical (unpaired) electrons. The molecule has 1 aliphatic heterocycles. The van der Waals surface area contributed by atoms with Gasteiger partial charge in [-0.2, -0.15) is 0 Å². The fraction of sp³-hybridized carbons (Fsp3) is 0.300. The number of halogens is 1. The number of nitrogens with zero attached hydrogens (tertiary/aromatic N) is 1. The van der Waals surface area contributed by atoms with Crippen LogP contribution in [0.2, 0.25) is 0 Å². The van der Waals surface area contributed by atoms with Crippen LogP contribution in [0.1, 0.15) is 18.4 Å². The summed E-state index contributed by atoms with van der Waals surface area (Å²) in [6.07, 6.45) is 2.00. The number of rotatable bonds is 6. The molecule has 3 amide bonds. The van der Waals surface area contributed by atoms with Crippen molar-refractivity contribution in [3.8, 4) is 0 Å². The number of carbonyl (C=O) groups is 2. The van der Waals surface area contributed by atoms with E-state index >= 15 is 0 Å². The first-order valence-corrected chi connectivity index (χ1v) is 8.76. The van der Waals surface area contributed by atoms with Crippen LogP contribution in [0.3, 0.4) is 0 Å². The molecule has 0 saturated carbocycles. The van der Waals surface area contributed by atoms with Crippen molar-refractivity contribution in [3.63, 3.8) is 0 Å². The second-order valence-corrected chi connectivity index (χ2v) is 6.37. The zero-order valence-corrected chi connectivity index (χ0v) is 14.5. The van der Waals surface area contributed by atoms with E-state index in [4.69, 9.17) is 0 Å². The van der Waals surface area contributed by atoms with Gasteiger partial charge in [0, 0.05) is 25.2 Å². The number of aryl methyl sites for hydroxylation is 1. The van der Waals surface area contributed by atoms with Gasteiger partial charge in [-0.1, -0.05) is 30.3 Å². The summed E-state index contributed by atoms with van der Waals surface area (Å²) in [6, 6.07) is 15.4. The molecule has 0 aliphatic carbocycles. The molecule has 1 fully saturated rings. The second-order valence-electron chi connectivity index (χ2n) is 6.37. The molecule has 0 aromatic heterocycles. The molecule has 6 heteroatoms. The Morgan fingerprint density at radius 1 is 1.12 bits per heavy atom. The van der Waals surface area contributed by atoms with E-state index in [9.17, 15) is 14.0 Å². The van der Waals surface area contributed by atoms with Crippen LogP contribution in [0.4, 0.5) is 14.9 Å². The van der Waals surface area contributed by atoms with Gasteiger partial charge in [0.05, 0.1) is 6.04 Å². The van der Waals surface area contributed by atoms with E-state index in [-0.39, 0.29) is 30.2 Å². The first kappa shape index (κ1) is 17.9. The number of urea groups is 1. The minimum Gasteiger partial charge on any atom is -0.338 e. The lowest BCUT2D eigenvalue weighted by molar-refractivity contribution is -0.117. The van der Waals surface area contributed by atoms with Gasteiger partial charge in [0.15, 0.2) is 0 Å². The third kappa shape index (κ3) is 4.81. The molecular weight excluding hydrogens is 333 g/mol. The van der Waals surface area contributed by atoms with Crippen molar-refractivity contribution >= 4 is 17.6 Å². The third-order valence-corrected chi connectivity index (χ3v) is 4.37. The predicted molar refractivity (Wildman–Crippen MR) is 98.5 cm³/mol. The highest BCUT2D eigenvalue weighted by Gasteiger charge is 2.31. The van der Waals surface area contributed by atoms with Gasteiger partial charge in [-0.05, 0) is 42.7 Å². The van der Waals surface area contributed by atoms with Crippen molar-refractivity contribution in [1.29, 1.82) is 0 Å². The zero-order valence-electron chi connectivity index (χ0n) is 14.5. The Morgan fingerprint density at radius 3 is 2.58 bits per heavy atom. The zero-order chi connectivity index (χ0) is 18.4. The van der Waals surface area contributed by atoms with Crippen LogP contribution in [-0.4, -0.2) is 31.1 Å². The predicted octanol–water partition coefficient (Wildman–Crippen LogP) is 2.86. The summed E-state index contributed by atoms with van der Waals surface area (Å²) < 4.78 is 13.0. The van der Waals surface area contributed by atoms with E-state index in [2.05, 4.69) is 22.8 Å². The Bertz CT molecular complexity index is 749. The minimum atomic E-state index is -0.343. The lowest BCUT2D eigenvalue weighted by Gasteiger charge is -2.17. The maximum atomic E-state index is 13.0. The molecule has 5 nitrogen and oxygen atoms in total. The Balaban J connectivity index is 1.40. The molecule has 0 unspecified atom stereocenters. The number of hydrogen-bond donors (Lipinski definition) is 2. The highest BCUT2D eigenvalue weighted by atomic mass is 19.1. The van der Waals surface area contributed by atoms with Crippen LogP contribution in [-0.2, 0) is 11.2 Å². The number of amides is 3. The summed E-state index contributed by atoms with van der Waals surface area (Å²) in [7, 11) is 0. The second kappa shape index (κ2) is 8.47. The Labute approximate surface area is 152 Å². The van der Waals surface area contributed by atoms with Crippen molar-refractivity contribution in [2.24, 2.45) is 0 Å². The van der Waals surface area contributed by atoms with Crippen molar-refractivity contribution in [2.45, 2.75) is 25.3 Å². The average Bonchev–Trinajstić information content (AvgIpc) is 3.00. The maximum absolute atomic E-state index is 13.0. The van der Waals surface area contributed by atoms with Crippen LogP contribution in [0, 0.1) is 5.82 Å². The van der Waals surface area contributed by atoms with Gasteiger partial charge < -0.3 is 15.5 Å². The summed E-state index contributed by atoms with van der Waals surface area (Å²) in [5.41, 5.74) is 1.88. The summed E-state index contributed by atoms with van der Waals surface area (Å²) in [5.74, 6) is -0.420. The smallest absolute Gasteiger partial charge is 0.315 e. The summed E-state index contributed by atoms with van der Waals surface area (Å²) in [6.45, 7) is 0.963. The van der Waals surface area contributed by atoms with Crippen LogP contribution < -0.4 is 15.5 Å². The highest BCUT2D eigenvalue weighted by molar-refractivity contribution is 5.96. The van der Waals surface area contributed by atoms with E-state index in [0.717, 1.165) is 12.8 Å². The summed E-state index contributed by atoms with van der Waals surface area (Å²) in [5, 5.41) is 5.66. The van der Waals surface area contributed by atoms with E-state index < -0.39 is 0 Å². The van der Waals surface area contributed by atoms with Crippen molar-refractivity contribution in [2.75, 3.05) is 18.0 Å². The standard InChI is InChI=1S/C20H22FN3O2/c21-16-8-10-18(11-9-16)24-14-17(13-19(24)25)23-20(26)22-12-4-7-15-5-2-1-3-6-15/h1-3,5-6,8-11,17H,4,7,12-14H2,(H2,22,23,26)/t17-/m1/s1. The van der Waals surface area contributed by atoms with Crippen LogP contribution in [0.25, 0.3) is 0 Å². The molecular formula is C20H22FN3O2. The molecule has 2 N–H and O–H groups in total. The van der Waals surface area contributed by atoms with Gasteiger partial charge in [0.2, 0.25) is 5.91 Å². The summed E-state index contributed by atoms with van der Waals surface area (Å²) in [4.78, 5) is 25.7. The van der Waals surface area contributed by atoms with Crippen LogP contribution in [0.15, 0.2) is 54.6 Å². The first-order chi connectivity index (χ1) is 12.6. The fourth-order valence-electron chi connectivity index (χ4n) is 3.05. The van der Waals surface area contributed by atoms with Gasteiger partial charge in [-0.15, -0.1) is 0 Å².